The highest BCUT2D eigenvalue weighted by Gasteiger charge is 2.18. The largest absolute Gasteiger partial charge is 0.192 e. The van der Waals surface area contributed by atoms with Crippen molar-refractivity contribution in [2.75, 3.05) is 0 Å². The lowest BCUT2D eigenvalue weighted by atomic mass is 9.85. The molecule has 74 heavy (non-hydrogen) atoms. The summed E-state index contributed by atoms with van der Waals surface area (Å²) in [5, 5.41) is 20.8. The van der Waals surface area contributed by atoms with Gasteiger partial charge < -0.3 is 0 Å². The average Bonchev–Trinajstić information content (AvgIpc) is 3.48. The molecule has 0 heterocycles. The van der Waals surface area contributed by atoms with Crippen molar-refractivity contribution in [3.63, 3.8) is 0 Å². The molecule has 0 saturated heterocycles. The Balaban J connectivity index is 0.871. The molecule has 0 unspecified atom stereocenters. The first-order valence-electron chi connectivity index (χ1n) is 24.4. The Morgan fingerprint density at radius 2 is 0.351 bits per heavy atom. The second-order valence-electron chi connectivity index (χ2n) is 17.5. The Hall–Kier alpha value is -10.5. The predicted octanol–water partition coefficient (Wildman–Crippen LogP) is 16.5. The topological polar surface area (TPSA) is 47.6 Å². The quantitative estimate of drug-likeness (QED) is 0.0779. The van der Waals surface area contributed by atoms with Gasteiger partial charge in [0.05, 0.1) is 11.1 Å². The monoisotopic (exact) mass is 938 g/mol. The first kappa shape index (κ1) is 47.2. The summed E-state index contributed by atoms with van der Waals surface area (Å²) in [6.45, 7) is 0. The number of benzene rings is 10. The lowest BCUT2D eigenvalue weighted by Crippen LogP contribution is -1.97. The van der Waals surface area contributed by atoms with E-state index in [-0.39, 0.29) is 0 Å². The van der Waals surface area contributed by atoms with E-state index < -0.39 is 0 Å². The molecule has 2 nitrogen and oxygen atoms in total. The Kier molecular flexibility index (Phi) is 14.6. The highest BCUT2D eigenvalue weighted by molar-refractivity contribution is 6.06. The van der Waals surface area contributed by atoms with Crippen molar-refractivity contribution in [2.24, 2.45) is 0 Å². The van der Waals surface area contributed by atoms with E-state index in [1.165, 1.54) is 0 Å². The van der Waals surface area contributed by atoms with Crippen LogP contribution < -0.4 is 0 Å². The molecule has 0 N–H and O–H groups in total. The lowest BCUT2D eigenvalue weighted by Gasteiger charge is -2.18. The van der Waals surface area contributed by atoms with Gasteiger partial charge in [-0.25, -0.2) is 0 Å². The van der Waals surface area contributed by atoms with E-state index in [0.29, 0.717) is 22.3 Å². The van der Waals surface area contributed by atoms with E-state index in [9.17, 15) is 10.5 Å². The molecule has 0 fully saturated rings. The van der Waals surface area contributed by atoms with Crippen LogP contribution in [0.5, 0.6) is 0 Å². The molecule has 10 aromatic carbocycles. The van der Waals surface area contributed by atoms with Crippen LogP contribution in [0.15, 0.2) is 279 Å². The Morgan fingerprint density at radius 3 is 0.527 bits per heavy atom. The van der Waals surface area contributed by atoms with Crippen molar-refractivity contribution in [2.45, 2.75) is 0 Å². The van der Waals surface area contributed by atoms with Crippen LogP contribution in [0.25, 0.3) is 33.4 Å². The Morgan fingerprint density at radius 1 is 0.189 bits per heavy atom. The molecule has 0 aromatic heterocycles. The molecule has 0 aliphatic rings. The van der Waals surface area contributed by atoms with Crippen LogP contribution in [-0.4, -0.2) is 0 Å². The van der Waals surface area contributed by atoms with Gasteiger partial charge in [-0.1, -0.05) is 254 Å². The molecule has 0 aliphatic heterocycles. The van der Waals surface area contributed by atoms with Gasteiger partial charge in [0.2, 0.25) is 0 Å². The van der Waals surface area contributed by atoms with Gasteiger partial charge in [-0.3, -0.25) is 0 Å². The van der Waals surface area contributed by atoms with Gasteiger partial charge >= 0.3 is 0 Å². The lowest BCUT2D eigenvalue weighted by molar-refractivity contribution is 1.49. The van der Waals surface area contributed by atoms with E-state index in [0.717, 1.165) is 89.1 Å². The number of hydrogen-bond donors (Lipinski definition) is 0. The second-order valence-corrected chi connectivity index (χ2v) is 17.5. The molecular weight excluding hydrogens is 893 g/mol. The normalized spacial score (nSPS) is 10.7. The van der Waals surface area contributed by atoms with E-state index in [1.807, 2.05) is 84.9 Å². The van der Waals surface area contributed by atoms with Crippen LogP contribution in [-0.2, 0) is 0 Å². The zero-order valence-corrected chi connectivity index (χ0v) is 40.5. The maximum Gasteiger partial charge on any atom is 0.101 e. The minimum Gasteiger partial charge on any atom is -0.192 e. The maximum absolute atomic E-state index is 10.4. The molecule has 0 amide bonds. The van der Waals surface area contributed by atoms with Gasteiger partial charge in [0.1, 0.15) is 12.1 Å². The van der Waals surface area contributed by atoms with Crippen LogP contribution in [0.4, 0.5) is 0 Å². The van der Waals surface area contributed by atoms with Crippen molar-refractivity contribution in [1.82, 2.24) is 0 Å². The molecule has 2 heteroatoms. The molecule has 0 aliphatic carbocycles. The number of nitrogens with zero attached hydrogens (tertiary/aromatic N) is 2. The molecular formula is C72H46N2. The smallest absolute Gasteiger partial charge is 0.101 e. The predicted molar refractivity (Wildman–Crippen MR) is 304 cm³/mol. The summed E-state index contributed by atoms with van der Waals surface area (Å²) in [6.07, 6.45) is 0. The van der Waals surface area contributed by atoms with Crippen LogP contribution in [0, 0.1) is 46.3 Å². The molecule has 0 atom stereocenters. The number of hydrogen-bond acceptors (Lipinski definition) is 2. The summed E-state index contributed by atoms with van der Waals surface area (Å²) in [7, 11) is 0. The highest BCUT2D eigenvalue weighted by Crippen LogP contribution is 2.39. The van der Waals surface area contributed by atoms with Gasteiger partial charge in [-0.2, -0.15) is 10.5 Å². The van der Waals surface area contributed by atoms with Crippen molar-refractivity contribution in [3.05, 3.63) is 357 Å². The van der Waals surface area contributed by atoms with Crippen LogP contribution in [0.2, 0.25) is 0 Å². The van der Waals surface area contributed by atoms with Gasteiger partial charge in [0.25, 0.3) is 0 Å². The number of nitriles is 2. The van der Waals surface area contributed by atoms with Crippen LogP contribution in [0.1, 0.15) is 77.9 Å². The Labute approximate surface area is 434 Å². The second kappa shape index (κ2) is 23.0. The van der Waals surface area contributed by atoms with Crippen molar-refractivity contribution >= 4 is 33.4 Å². The van der Waals surface area contributed by atoms with Gasteiger partial charge in [0.15, 0.2) is 0 Å². The van der Waals surface area contributed by atoms with E-state index >= 15 is 0 Å². The molecule has 10 rings (SSSR count). The molecule has 0 bridgehead atoms. The average molecular weight is 939 g/mol. The van der Waals surface area contributed by atoms with Gasteiger partial charge in [0, 0.05) is 22.3 Å². The highest BCUT2D eigenvalue weighted by atomic mass is 14.3. The summed E-state index contributed by atoms with van der Waals surface area (Å²) >= 11 is 0. The number of allylic oxidation sites excluding steroid dienone is 2. The fourth-order valence-corrected chi connectivity index (χ4v) is 9.15. The summed E-state index contributed by atoms with van der Waals surface area (Å²) in [6, 6.07) is 99.5. The fourth-order valence-electron chi connectivity index (χ4n) is 9.15. The first-order valence-corrected chi connectivity index (χ1v) is 24.4. The third kappa shape index (κ3) is 10.9. The number of rotatable bonds is 10. The first-order chi connectivity index (χ1) is 36.6. The SMILES string of the molecule is N#C/C(=C(/C#N)c1ccc(C#Cc2ccc(C(=C(c3ccccc3)c3ccccc3)c3ccccc3)cc2)cc1)c1ccc(C#Cc2ccc(C(=C(c3ccccc3)c3ccccc3)c3ccccc3)cc2)cc1. The minimum atomic E-state index is 0.292. The summed E-state index contributed by atoms with van der Waals surface area (Å²) in [5.74, 6) is 13.2. The fraction of sp³-hybridized carbons (Fsp3) is 0. The summed E-state index contributed by atoms with van der Waals surface area (Å²) in [5.41, 5.74) is 18.8. The van der Waals surface area contributed by atoms with Crippen molar-refractivity contribution < 1.29 is 0 Å². The van der Waals surface area contributed by atoms with Crippen molar-refractivity contribution in [3.8, 4) is 35.8 Å². The van der Waals surface area contributed by atoms with Gasteiger partial charge in [-0.15, -0.1) is 0 Å². The summed E-state index contributed by atoms with van der Waals surface area (Å²) in [4.78, 5) is 0. The van der Waals surface area contributed by atoms with Gasteiger partial charge in [-0.05, 0) is 126 Å². The zero-order chi connectivity index (χ0) is 50.3. The van der Waals surface area contributed by atoms with E-state index in [2.05, 4.69) is 230 Å². The third-order valence-electron chi connectivity index (χ3n) is 12.7. The maximum atomic E-state index is 10.4. The van der Waals surface area contributed by atoms with E-state index in [4.69, 9.17) is 0 Å². The third-order valence-corrected chi connectivity index (χ3v) is 12.7. The van der Waals surface area contributed by atoms with Crippen LogP contribution in [0.3, 0.4) is 0 Å². The minimum absolute atomic E-state index is 0.292. The molecule has 0 spiro atoms. The van der Waals surface area contributed by atoms with Crippen LogP contribution >= 0.6 is 0 Å². The molecule has 10 aromatic rings. The van der Waals surface area contributed by atoms with Crippen molar-refractivity contribution in [1.29, 1.82) is 10.5 Å². The Bertz CT molecular complexity index is 3510. The molecule has 0 saturated carbocycles. The zero-order valence-electron chi connectivity index (χ0n) is 40.5. The standard InChI is InChI=1S/C72H46N2/c73-51-67(57-43-35-53(36-44-57)31-33-55-39-47-65(48-40-55)71(63-27-15-5-16-28-63)69(59-19-7-1-8-20-59)60-21-9-2-10-22-60)68(52-74)58-45-37-54(38-46-58)32-34-56-41-49-66(50-42-56)72(64-29-17-6-18-30-64)70(61-23-11-3-12-24-61)62-25-13-4-14-26-62/h1-30,35-50H/b68-67+. The summed E-state index contributed by atoms with van der Waals surface area (Å²) < 4.78 is 0. The molecule has 0 radical (unpaired) electrons. The van der Waals surface area contributed by atoms with E-state index in [1.54, 1.807) is 0 Å². The molecule has 344 valence electrons.